The lowest BCUT2D eigenvalue weighted by Crippen LogP contribution is -2.47. The highest BCUT2D eigenvalue weighted by atomic mass is 16.5. The van der Waals surface area contributed by atoms with Crippen molar-refractivity contribution < 1.29 is 14.1 Å². The minimum Gasteiger partial charge on any atom is -0.461 e. The van der Waals surface area contributed by atoms with Crippen molar-refractivity contribution in [2.75, 3.05) is 18.1 Å². The zero-order chi connectivity index (χ0) is 13.2. The van der Waals surface area contributed by atoms with Gasteiger partial charge >= 0.3 is 5.97 Å². The van der Waals surface area contributed by atoms with E-state index in [-0.39, 0.29) is 5.97 Å². The largest absolute Gasteiger partial charge is 0.461 e. The number of ether oxygens (including phenoxy) is 1. The van der Waals surface area contributed by atoms with Gasteiger partial charge in [-0.05, 0) is 32.3 Å². The first-order valence-corrected chi connectivity index (χ1v) is 7.23. The molecule has 3 heterocycles. The molecule has 4 nitrogen and oxygen atoms in total. The van der Waals surface area contributed by atoms with Crippen LogP contribution in [0.1, 0.15) is 31.9 Å². The summed E-state index contributed by atoms with van der Waals surface area (Å²) < 4.78 is 7.11. The van der Waals surface area contributed by atoms with Gasteiger partial charge in [0, 0.05) is 25.1 Å². The number of hydrogen-bond donors (Lipinski definition) is 0. The van der Waals surface area contributed by atoms with Crippen LogP contribution in [0.25, 0.3) is 0 Å². The summed E-state index contributed by atoms with van der Waals surface area (Å²) in [7, 11) is 0. The van der Waals surface area contributed by atoms with Crippen LogP contribution in [0, 0.1) is 0 Å². The Morgan fingerprint density at radius 2 is 2.42 bits per heavy atom. The minimum absolute atomic E-state index is 0.149. The Bertz CT molecular complexity index is 487. The topological polar surface area (TPSA) is 33.4 Å². The van der Waals surface area contributed by atoms with Crippen LogP contribution < -0.4 is 9.47 Å². The zero-order valence-corrected chi connectivity index (χ0v) is 11.5. The molecule has 0 N–H and O–H groups in total. The lowest BCUT2D eigenvalue weighted by atomic mass is 10.00. The van der Waals surface area contributed by atoms with Gasteiger partial charge in [-0.3, -0.25) is 0 Å². The van der Waals surface area contributed by atoms with Crippen LogP contribution >= 0.6 is 0 Å². The average molecular weight is 261 g/mol. The number of hydrogen-bond acceptors (Lipinski definition) is 3. The van der Waals surface area contributed by atoms with Gasteiger partial charge in [0.05, 0.1) is 6.61 Å². The lowest BCUT2D eigenvalue weighted by molar-refractivity contribution is -0.693. The van der Waals surface area contributed by atoms with E-state index in [1.54, 1.807) is 0 Å². The number of esters is 1. The molecule has 1 unspecified atom stereocenters. The molecular weight excluding hydrogens is 240 g/mol. The van der Waals surface area contributed by atoms with Crippen LogP contribution in [-0.4, -0.2) is 25.2 Å². The van der Waals surface area contributed by atoms with Crippen LogP contribution in [-0.2, 0) is 22.5 Å². The summed E-state index contributed by atoms with van der Waals surface area (Å²) in [6, 6.07) is 4.94. The quantitative estimate of drug-likeness (QED) is 0.610. The van der Waals surface area contributed by atoms with Crippen LogP contribution in [0.15, 0.2) is 18.3 Å². The molecule has 0 aromatic carbocycles. The van der Waals surface area contributed by atoms with Gasteiger partial charge in [-0.1, -0.05) is 0 Å². The summed E-state index contributed by atoms with van der Waals surface area (Å²) in [5.74, 6) is -0.149. The first-order chi connectivity index (χ1) is 9.29. The standard InChI is InChI=1S/C15H21N2O2/c1-2-19-15(18)11-16-9-4-6-14-13(16)8-7-12-5-3-10-17(12)14/h4,6,9,12H,2-3,5,7-8,10-11H2,1H3/q+1. The molecule has 0 saturated carbocycles. The highest BCUT2D eigenvalue weighted by molar-refractivity contribution is 5.67. The maximum Gasteiger partial charge on any atom is 0.372 e. The smallest absolute Gasteiger partial charge is 0.372 e. The minimum atomic E-state index is -0.149. The summed E-state index contributed by atoms with van der Waals surface area (Å²) in [4.78, 5) is 14.2. The Labute approximate surface area is 114 Å². The van der Waals surface area contributed by atoms with Gasteiger partial charge in [-0.2, -0.15) is 4.57 Å². The van der Waals surface area contributed by atoms with Crippen LogP contribution in [0.2, 0.25) is 0 Å². The number of rotatable bonds is 3. The van der Waals surface area contributed by atoms with E-state index in [0.717, 1.165) is 13.0 Å². The fraction of sp³-hybridized carbons (Fsp3) is 0.600. The lowest BCUT2D eigenvalue weighted by Gasteiger charge is -2.31. The van der Waals surface area contributed by atoms with Crippen molar-refractivity contribution in [3.63, 3.8) is 0 Å². The average Bonchev–Trinajstić information content (AvgIpc) is 2.88. The Morgan fingerprint density at radius 1 is 1.53 bits per heavy atom. The second-order valence-corrected chi connectivity index (χ2v) is 5.30. The second-order valence-electron chi connectivity index (χ2n) is 5.30. The summed E-state index contributed by atoms with van der Waals surface area (Å²) in [5, 5.41) is 0. The summed E-state index contributed by atoms with van der Waals surface area (Å²) in [6.07, 6.45) is 6.87. The molecule has 1 aromatic rings. The molecule has 19 heavy (non-hydrogen) atoms. The van der Waals surface area contributed by atoms with Gasteiger partial charge in [-0.15, -0.1) is 0 Å². The highest BCUT2D eigenvalue weighted by Gasteiger charge is 2.34. The first-order valence-electron chi connectivity index (χ1n) is 7.23. The molecule has 2 aliphatic rings. The van der Waals surface area contributed by atoms with E-state index in [1.807, 2.05) is 19.2 Å². The Morgan fingerprint density at radius 3 is 3.26 bits per heavy atom. The van der Waals surface area contributed by atoms with Crippen molar-refractivity contribution in [3.8, 4) is 0 Å². The number of aromatic nitrogens is 1. The van der Waals surface area contributed by atoms with Gasteiger partial charge in [0.1, 0.15) is 5.69 Å². The van der Waals surface area contributed by atoms with Crippen LogP contribution in [0.5, 0.6) is 0 Å². The molecule has 0 radical (unpaired) electrons. The molecule has 1 fully saturated rings. The van der Waals surface area contributed by atoms with Crippen molar-refractivity contribution >= 4 is 11.7 Å². The van der Waals surface area contributed by atoms with Crippen LogP contribution in [0.3, 0.4) is 0 Å². The third-order valence-electron chi connectivity index (χ3n) is 4.17. The molecule has 1 aromatic heterocycles. The van der Waals surface area contributed by atoms with Crippen molar-refractivity contribution in [2.45, 2.75) is 45.2 Å². The molecule has 1 saturated heterocycles. The Balaban J connectivity index is 1.87. The molecule has 3 rings (SSSR count). The Hall–Kier alpha value is -1.58. The van der Waals surface area contributed by atoms with E-state index in [1.165, 1.54) is 30.6 Å². The van der Waals surface area contributed by atoms with Crippen molar-refractivity contribution in [3.05, 3.63) is 24.0 Å². The molecule has 4 heteroatoms. The predicted octanol–water partition coefficient (Wildman–Crippen LogP) is 1.45. The number of nitrogens with zero attached hydrogens (tertiary/aromatic N) is 2. The molecular formula is C15H21N2O2+. The molecule has 2 aliphatic heterocycles. The van der Waals surface area contributed by atoms with E-state index >= 15 is 0 Å². The van der Waals surface area contributed by atoms with E-state index in [2.05, 4.69) is 15.5 Å². The second kappa shape index (κ2) is 5.19. The molecule has 0 amide bonds. The molecule has 0 spiro atoms. The van der Waals surface area contributed by atoms with Crippen molar-refractivity contribution in [1.29, 1.82) is 0 Å². The van der Waals surface area contributed by atoms with E-state index < -0.39 is 0 Å². The zero-order valence-electron chi connectivity index (χ0n) is 11.5. The normalized spacial score (nSPS) is 20.9. The first kappa shape index (κ1) is 12.5. The molecule has 102 valence electrons. The van der Waals surface area contributed by atoms with Gasteiger partial charge in [-0.25, -0.2) is 4.79 Å². The molecule has 0 bridgehead atoms. The monoisotopic (exact) mass is 261 g/mol. The van der Waals surface area contributed by atoms with E-state index in [4.69, 9.17) is 4.74 Å². The van der Waals surface area contributed by atoms with Gasteiger partial charge < -0.3 is 9.64 Å². The van der Waals surface area contributed by atoms with Crippen molar-refractivity contribution in [2.24, 2.45) is 0 Å². The highest BCUT2D eigenvalue weighted by Crippen LogP contribution is 2.34. The maximum absolute atomic E-state index is 11.7. The Kier molecular flexibility index (Phi) is 3.40. The number of anilines is 1. The molecule has 0 aliphatic carbocycles. The van der Waals surface area contributed by atoms with Crippen LogP contribution in [0.4, 0.5) is 5.69 Å². The van der Waals surface area contributed by atoms with E-state index in [9.17, 15) is 4.79 Å². The number of pyridine rings is 1. The third kappa shape index (κ3) is 2.31. The summed E-state index contributed by atoms with van der Waals surface area (Å²) in [5.41, 5.74) is 2.61. The number of carbonyl (C=O) groups excluding carboxylic acids is 1. The van der Waals surface area contributed by atoms with Crippen molar-refractivity contribution in [1.82, 2.24) is 0 Å². The summed E-state index contributed by atoms with van der Waals surface area (Å²) in [6.45, 7) is 3.77. The van der Waals surface area contributed by atoms with Gasteiger partial charge in [0.25, 0.3) is 0 Å². The predicted molar refractivity (Wildman–Crippen MR) is 72.0 cm³/mol. The fourth-order valence-corrected chi connectivity index (χ4v) is 3.35. The van der Waals surface area contributed by atoms with E-state index in [0.29, 0.717) is 19.2 Å². The number of fused-ring (bicyclic) bond motifs is 3. The van der Waals surface area contributed by atoms with Gasteiger partial charge in [0.15, 0.2) is 6.20 Å². The fourth-order valence-electron chi connectivity index (χ4n) is 3.35. The molecule has 1 atom stereocenters. The summed E-state index contributed by atoms with van der Waals surface area (Å²) >= 11 is 0. The number of carbonyl (C=O) groups is 1. The SMILES string of the molecule is CCOC(=O)C[n+]1cccc2c1CCC1CCCN21. The van der Waals surface area contributed by atoms with Gasteiger partial charge in [0.2, 0.25) is 12.2 Å². The third-order valence-corrected chi connectivity index (χ3v) is 4.17. The maximum atomic E-state index is 11.7.